The van der Waals surface area contributed by atoms with Crippen LogP contribution in [-0.2, 0) is 0 Å². The lowest BCUT2D eigenvalue weighted by molar-refractivity contribution is 1.50. The molecule has 0 aliphatic heterocycles. The summed E-state index contributed by atoms with van der Waals surface area (Å²) >= 11 is 0. The Morgan fingerprint density at radius 3 is 2.56 bits per heavy atom. The molecule has 0 fully saturated rings. The second-order valence-electron chi connectivity index (χ2n) is 1.65. The summed E-state index contributed by atoms with van der Waals surface area (Å²) in [7, 11) is 0. The van der Waals surface area contributed by atoms with Gasteiger partial charge in [0.25, 0.3) is 0 Å². The predicted molar refractivity (Wildman–Crippen MR) is 42.0 cm³/mol. The zero-order chi connectivity index (χ0) is 7.11. The molecule has 0 saturated heterocycles. The maximum atomic E-state index is 3.53. The summed E-state index contributed by atoms with van der Waals surface area (Å²) in [6.07, 6.45) is 10.2. The van der Waals surface area contributed by atoms with Crippen LogP contribution in [0.2, 0.25) is 0 Å². The van der Waals surface area contributed by atoms with Gasteiger partial charge in [-0.15, -0.1) is 0 Å². The highest BCUT2D eigenvalue weighted by atomic mass is 13.8. The van der Waals surface area contributed by atoms with Crippen LogP contribution in [0, 0.1) is 6.08 Å². The number of hydrogen-bond donors (Lipinski definition) is 0. The van der Waals surface area contributed by atoms with E-state index in [2.05, 4.69) is 19.2 Å². The summed E-state index contributed by atoms with van der Waals surface area (Å²) in [5, 5.41) is 0. The number of hydrogen-bond acceptors (Lipinski definition) is 0. The first-order valence-electron chi connectivity index (χ1n) is 2.80. The van der Waals surface area contributed by atoms with E-state index in [1.807, 2.05) is 25.2 Å². The first-order valence-corrected chi connectivity index (χ1v) is 2.80. The van der Waals surface area contributed by atoms with Crippen LogP contribution in [0.25, 0.3) is 0 Å². The smallest absolute Gasteiger partial charge is 0.0230 e. The van der Waals surface area contributed by atoms with Crippen molar-refractivity contribution >= 4 is 0 Å². The Kier molecular flexibility index (Phi) is 4.51. The van der Waals surface area contributed by atoms with Crippen LogP contribution in [0.4, 0.5) is 0 Å². The minimum Gasteiger partial charge on any atom is -0.0991 e. The molecule has 47 valence electrons. The van der Waals surface area contributed by atoms with Gasteiger partial charge in [0.15, 0.2) is 0 Å². The highest BCUT2D eigenvalue weighted by Crippen LogP contribution is 1.90. The van der Waals surface area contributed by atoms with E-state index in [1.54, 1.807) is 6.08 Å². The van der Waals surface area contributed by atoms with Gasteiger partial charge in [-0.2, -0.15) is 0 Å². The monoisotopic (exact) mass is 119 g/mol. The van der Waals surface area contributed by atoms with Gasteiger partial charge in [0.1, 0.15) is 0 Å². The van der Waals surface area contributed by atoms with Gasteiger partial charge in [-0.1, -0.05) is 37.5 Å². The minimum absolute atomic E-state index is 1.04. The highest BCUT2D eigenvalue weighted by molar-refractivity contribution is 5.17. The van der Waals surface area contributed by atoms with E-state index in [1.165, 1.54) is 0 Å². The number of allylic oxidation sites excluding steroid dienone is 6. The zero-order valence-corrected chi connectivity index (χ0v) is 5.72. The Balaban J connectivity index is 3.81. The molecule has 0 rings (SSSR count). The molecule has 0 aromatic heterocycles. The predicted octanol–water partition coefficient (Wildman–Crippen LogP) is 2.66. The van der Waals surface area contributed by atoms with Crippen molar-refractivity contribution < 1.29 is 0 Å². The molecule has 0 aromatic carbocycles. The van der Waals surface area contributed by atoms with Crippen LogP contribution < -0.4 is 0 Å². The average Bonchev–Trinajstić information content (AvgIpc) is 1.89. The van der Waals surface area contributed by atoms with Crippen molar-refractivity contribution in [3.63, 3.8) is 0 Å². The van der Waals surface area contributed by atoms with Gasteiger partial charge >= 0.3 is 0 Å². The summed E-state index contributed by atoms with van der Waals surface area (Å²) in [6, 6.07) is 0. The highest BCUT2D eigenvalue weighted by Gasteiger charge is 1.71. The van der Waals surface area contributed by atoms with Gasteiger partial charge in [-0.05, 0) is 18.6 Å². The lowest BCUT2D eigenvalue weighted by Gasteiger charge is -1.80. The number of rotatable bonds is 3. The van der Waals surface area contributed by atoms with Crippen LogP contribution >= 0.6 is 0 Å². The third-order valence-corrected chi connectivity index (χ3v) is 0.872. The summed E-state index contributed by atoms with van der Waals surface area (Å²) < 4.78 is 0. The van der Waals surface area contributed by atoms with Gasteiger partial charge in [0.2, 0.25) is 0 Å². The molecule has 0 bridgehead atoms. The van der Waals surface area contributed by atoms with Crippen LogP contribution in [0.5, 0.6) is 0 Å². The van der Waals surface area contributed by atoms with Crippen LogP contribution in [0.15, 0.2) is 43.0 Å². The van der Waals surface area contributed by atoms with Crippen molar-refractivity contribution in [3.05, 3.63) is 49.1 Å². The fraction of sp³-hybridized carbons (Fsp3) is 0.111. The fourth-order valence-corrected chi connectivity index (χ4v) is 0.337. The van der Waals surface area contributed by atoms with E-state index in [-0.39, 0.29) is 0 Å². The Bertz CT molecular complexity index is 147. The van der Waals surface area contributed by atoms with E-state index in [4.69, 9.17) is 0 Å². The second-order valence-corrected chi connectivity index (χ2v) is 1.65. The summed E-state index contributed by atoms with van der Waals surface area (Å²) in [6.45, 7) is 8.96. The third-order valence-electron chi connectivity index (χ3n) is 0.872. The Morgan fingerprint density at radius 2 is 2.11 bits per heavy atom. The molecule has 0 saturated carbocycles. The van der Waals surface area contributed by atoms with E-state index in [0.29, 0.717) is 0 Å². The van der Waals surface area contributed by atoms with Crippen molar-refractivity contribution in [1.82, 2.24) is 0 Å². The normalized spacial score (nSPS) is 11.9. The van der Waals surface area contributed by atoms with E-state index in [9.17, 15) is 0 Å². The molecule has 0 heterocycles. The molecule has 0 atom stereocenters. The lowest BCUT2D eigenvalue weighted by Crippen LogP contribution is -1.61. The summed E-state index contributed by atoms with van der Waals surface area (Å²) in [4.78, 5) is 0. The Labute approximate surface area is 56.9 Å². The molecule has 9 heavy (non-hydrogen) atoms. The van der Waals surface area contributed by atoms with E-state index < -0.39 is 0 Å². The SMILES string of the molecule is C=[C]/C(C)=C\C=C/C=C. The van der Waals surface area contributed by atoms with Crippen LogP contribution in [-0.4, -0.2) is 0 Å². The summed E-state index contributed by atoms with van der Waals surface area (Å²) in [5.74, 6) is 0. The largest absolute Gasteiger partial charge is 0.0991 e. The molecule has 0 heteroatoms. The zero-order valence-electron chi connectivity index (χ0n) is 5.72. The molecule has 0 aromatic rings. The molecule has 0 spiro atoms. The van der Waals surface area contributed by atoms with Gasteiger partial charge in [-0.3, -0.25) is 0 Å². The van der Waals surface area contributed by atoms with Gasteiger partial charge in [-0.25, -0.2) is 0 Å². The van der Waals surface area contributed by atoms with E-state index in [0.717, 1.165) is 5.57 Å². The maximum Gasteiger partial charge on any atom is -0.0230 e. The Morgan fingerprint density at radius 1 is 1.44 bits per heavy atom. The topological polar surface area (TPSA) is 0 Å². The molecule has 1 radical (unpaired) electrons. The first kappa shape index (κ1) is 7.96. The van der Waals surface area contributed by atoms with Crippen molar-refractivity contribution in [1.29, 1.82) is 0 Å². The average molecular weight is 119 g/mol. The molecule has 0 aliphatic carbocycles. The minimum atomic E-state index is 1.04. The van der Waals surface area contributed by atoms with E-state index >= 15 is 0 Å². The molecule has 0 N–H and O–H groups in total. The molecule has 0 aliphatic rings. The van der Waals surface area contributed by atoms with Crippen molar-refractivity contribution in [3.8, 4) is 0 Å². The first-order chi connectivity index (χ1) is 4.31. The van der Waals surface area contributed by atoms with Crippen molar-refractivity contribution in [2.45, 2.75) is 6.92 Å². The molecule has 0 amide bonds. The second kappa shape index (κ2) is 5.10. The van der Waals surface area contributed by atoms with Gasteiger partial charge in [0, 0.05) is 0 Å². The van der Waals surface area contributed by atoms with Crippen LogP contribution in [0.1, 0.15) is 6.92 Å². The summed E-state index contributed by atoms with van der Waals surface area (Å²) in [5.41, 5.74) is 1.04. The third kappa shape index (κ3) is 4.82. The van der Waals surface area contributed by atoms with Crippen molar-refractivity contribution in [2.24, 2.45) is 0 Å². The molecular formula is C9H11. The molecule has 0 unspecified atom stereocenters. The van der Waals surface area contributed by atoms with Crippen LogP contribution in [0.3, 0.4) is 0 Å². The fourth-order valence-electron chi connectivity index (χ4n) is 0.337. The van der Waals surface area contributed by atoms with Gasteiger partial charge in [0.05, 0.1) is 0 Å². The molecule has 0 nitrogen and oxygen atoms in total. The van der Waals surface area contributed by atoms with Gasteiger partial charge < -0.3 is 0 Å². The maximum absolute atomic E-state index is 3.53. The lowest BCUT2D eigenvalue weighted by atomic mass is 10.3. The Hall–Kier alpha value is -1.04. The quantitative estimate of drug-likeness (QED) is 0.501. The van der Waals surface area contributed by atoms with Crippen molar-refractivity contribution in [2.75, 3.05) is 0 Å². The molecular weight excluding hydrogens is 108 g/mol. The standard InChI is InChI=1S/C9H11/c1-4-6-7-8-9(3)5-2/h4,6-8H,1-2H2,3H3/b7-6-,9-8-.